The number of carbonyl (C=O) groups excluding carboxylic acids is 1. The number of carbonyl (C=O) groups is 1. The van der Waals surface area contributed by atoms with Crippen LogP contribution >= 0.6 is 22.9 Å². The summed E-state index contributed by atoms with van der Waals surface area (Å²) in [5, 5.41) is 28.3. The van der Waals surface area contributed by atoms with Gasteiger partial charge in [-0.1, -0.05) is 37.1 Å². The minimum absolute atomic E-state index is 0.0828. The Morgan fingerprint density at radius 2 is 2.10 bits per heavy atom. The van der Waals surface area contributed by atoms with Crippen LogP contribution in [0.5, 0.6) is 5.75 Å². The molecule has 208 valence electrons. The molecule has 1 saturated carbocycles. The third-order valence-electron chi connectivity index (χ3n) is 6.98. The van der Waals surface area contributed by atoms with Gasteiger partial charge in [0.15, 0.2) is 0 Å². The van der Waals surface area contributed by atoms with E-state index in [9.17, 15) is 15.0 Å². The number of aliphatic hydroxyl groups excluding tert-OH is 1. The van der Waals surface area contributed by atoms with Gasteiger partial charge in [-0.25, -0.2) is 9.37 Å². The number of amides is 1. The Balaban J connectivity index is 1.62. The molecule has 9 nitrogen and oxygen atoms in total. The van der Waals surface area contributed by atoms with Gasteiger partial charge < -0.3 is 25.4 Å². The number of imidazole rings is 1. The molecule has 3 unspecified atom stereocenters. The van der Waals surface area contributed by atoms with Crippen LogP contribution < -0.4 is 10.6 Å². The van der Waals surface area contributed by atoms with E-state index in [0.29, 0.717) is 44.5 Å². The zero-order chi connectivity index (χ0) is 28.4. The van der Waals surface area contributed by atoms with Crippen molar-refractivity contribution < 1.29 is 19.4 Å². The van der Waals surface area contributed by atoms with Gasteiger partial charge in [-0.05, 0) is 43.2 Å². The normalized spacial score (nSPS) is 19.6. The summed E-state index contributed by atoms with van der Waals surface area (Å²) in [5.74, 6) is -1.11. The summed E-state index contributed by atoms with van der Waals surface area (Å²) in [6.45, 7) is 4.01. The molecular weight excluding hydrogens is 555 g/mol. The maximum atomic E-state index is 15.2. The molecule has 1 amide bonds. The van der Waals surface area contributed by atoms with Crippen molar-refractivity contribution in [3.8, 4) is 17.1 Å². The molecule has 1 fully saturated rings. The summed E-state index contributed by atoms with van der Waals surface area (Å²) >= 11 is 7.18. The number of hydrogen-bond acceptors (Lipinski definition) is 7. The Labute approximate surface area is 239 Å². The van der Waals surface area contributed by atoms with Crippen LogP contribution in [0.4, 0.5) is 4.39 Å². The van der Waals surface area contributed by atoms with E-state index in [1.54, 1.807) is 36.0 Å². The summed E-state index contributed by atoms with van der Waals surface area (Å²) in [5.41, 5.74) is 1.92. The summed E-state index contributed by atoms with van der Waals surface area (Å²) in [6.07, 6.45) is 4.59. The molecule has 1 aromatic carbocycles. The maximum absolute atomic E-state index is 15.2. The molecule has 0 saturated heterocycles. The van der Waals surface area contributed by atoms with Crippen molar-refractivity contribution in [2.24, 2.45) is 4.99 Å². The minimum Gasteiger partial charge on any atom is -0.507 e. The predicted octanol–water partition coefficient (Wildman–Crippen LogP) is 5.15. The van der Waals surface area contributed by atoms with Gasteiger partial charge >= 0.3 is 0 Å². The fraction of sp³-hybridized carbons (Fsp3) is 0.286. The van der Waals surface area contributed by atoms with Crippen molar-refractivity contribution in [1.82, 2.24) is 25.2 Å². The van der Waals surface area contributed by atoms with Gasteiger partial charge in [0.25, 0.3) is 5.91 Å². The third kappa shape index (κ3) is 5.45. The quantitative estimate of drug-likeness (QED) is 0.136. The first-order valence-electron chi connectivity index (χ1n) is 12.7. The van der Waals surface area contributed by atoms with Crippen LogP contribution in [0.15, 0.2) is 54.2 Å². The van der Waals surface area contributed by atoms with Crippen LogP contribution in [0, 0.1) is 5.82 Å². The second-order valence-electron chi connectivity index (χ2n) is 9.53. The fourth-order valence-electron chi connectivity index (χ4n) is 5.07. The standard InChI is InChI=1S/C28H28ClFN6O3S/c1-15(33-14-31-2)18-12-21-19(13-32-18)34-27(25-16(30)6-5-9-22(25)37)36(21)20-8-4-3-7-17(26(20)38)35-28(39)23-10-11-24(29)40-23/h5-6,9-14,17,20,26,37-38H,1,3-4,7-8H2,2H3,(H,31,33)(H,35,39). The van der Waals surface area contributed by atoms with E-state index in [2.05, 4.69) is 32.2 Å². The number of thiophene rings is 1. The van der Waals surface area contributed by atoms with Gasteiger partial charge in [-0.2, -0.15) is 0 Å². The molecule has 3 heterocycles. The fourth-order valence-corrected chi connectivity index (χ4v) is 6.02. The maximum Gasteiger partial charge on any atom is 0.261 e. The lowest BCUT2D eigenvalue weighted by Crippen LogP contribution is -2.46. The van der Waals surface area contributed by atoms with E-state index in [1.807, 2.05) is 0 Å². The van der Waals surface area contributed by atoms with Gasteiger partial charge in [-0.3, -0.25) is 14.8 Å². The van der Waals surface area contributed by atoms with Crippen LogP contribution in [-0.2, 0) is 0 Å². The second-order valence-corrected chi connectivity index (χ2v) is 11.2. The SMILES string of the molecule is C=C(NC=NC)c1cc2c(cn1)nc(-c1c(O)cccc1F)n2C1CCCCC(NC(=O)c2ccc(Cl)s2)C1O. The zero-order valence-corrected chi connectivity index (χ0v) is 23.2. The molecule has 3 aromatic heterocycles. The van der Waals surface area contributed by atoms with Crippen molar-refractivity contribution in [1.29, 1.82) is 0 Å². The second kappa shape index (κ2) is 11.7. The first-order chi connectivity index (χ1) is 19.3. The summed E-state index contributed by atoms with van der Waals surface area (Å²) in [7, 11) is 1.62. The van der Waals surface area contributed by atoms with Crippen molar-refractivity contribution in [2.75, 3.05) is 7.05 Å². The topological polar surface area (TPSA) is 125 Å². The molecule has 4 aromatic rings. The first kappa shape index (κ1) is 27.8. The van der Waals surface area contributed by atoms with E-state index in [-0.39, 0.29) is 23.0 Å². The van der Waals surface area contributed by atoms with Crippen molar-refractivity contribution in [2.45, 2.75) is 43.9 Å². The molecular formula is C28H28ClFN6O3S. The number of hydrogen-bond donors (Lipinski definition) is 4. The van der Waals surface area contributed by atoms with E-state index in [0.717, 1.165) is 24.2 Å². The van der Waals surface area contributed by atoms with Gasteiger partial charge in [0.1, 0.15) is 22.9 Å². The van der Waals surface area contributed by atoms with Crippen LogP contribution in [0.2, 0.25) is 4.34 Å². The summed E-state index contributed by atoms with van der Waals surface area (Å²) < 4.78 is 17.4. The number of aromatic nitrogens is 3. The number of pyridine rings is 1. The van der Waals surface area contributed by atoms with E-state index in [4.69, 9.17) is 11.6 Å². The van der Waals surface area contributed by atoms with Gasteiger partial charge in [-0.15, -0.1) is 11.3 Å². The Hall–Kier alpha value is -3.80. The lowest BCUT2D eigenvalue weighted by Gasteiger charge is -2.30. The van der Waals surface area contributed by atoms with Gasteiger partial charge in [0.2, 0.25) is 0 Å². The highest BCUT2D eigenvalue weighted by atomic mass is 35.5. The predicted molar refractivity (Wildman–Crippen MR) is 155 cm³/mol. The Morgan fingerprint density at radius 3 is 2.83 bits per heavy atom. The van der Waals surface area contributed by atoms with Crippen molar-refractivity contribution in [3.05, 3.63) is 69.9 Å². The number of aliphatic hydroxyl groups is 1. The molecule has 0 aliphatic heterocycles. The summed E-state index contributed by atoms with van der Waals surface area (Å²) in [4.78, 5) is 26.4. The number of nitrogens with one attached hydrogen (secondary N) is 2. The molecule has 12 heteroatoms. The highest BCUT2D eigenvalue weighted by Gasteiger charge is 2.36. The van der Waals surface area contributed by atoms with E-state index < -0.39 is 24.0 Å². The summed E-state index contributed by atoms with van der Waals surface area (Å²) in [6, 6.07) is 7.91. The first-order valence-corrected chi connectivity index (χ1v) is 13.9. The van der Waals surface area contributed by atoms with Crippen LogP contribution in [-0.4, -0.2) is 56.2 Å². The number of phenols is 1. The number of aromatic hydroxyl groups is 1. The van der Waals surface area contributed by atoms with Crippen LogP contribution in [0.25, 0.3) is 28.1 Å². The van der Waals surface area contributed by atoms with Crippen LogP contribution in [0.3, 0.4) is 0 Å². The lowest BCUT2D eigenvalue weighted by molar-refractivity contribution is 0.0659. The molecule has 5 rings (SSSR count). The molecule has 1 aliphatic rings. The van der Waals surface area contributed by atoms with Crippen molar-refractivity contribution in [3.63, 3.8) is 0 Å². The number of rotatable bonds is 7. The third-order valence-corrected chi connectivity index (χ3v) is 8.21. The average Bonchev–Trinajstić information content (AvgIpc) is 3.49. The monoisotopic (exact) mass is 582 g/mol. The number of halogens is 2. The largest absolute Gasteiger partial charge is 0.507 e. The average molecular weight is 583 g/mol. The highest BCUT2D eigenvalue weighted by molar-refractivity contribution is 7.18. The highest BCUT2D eigenvalue weighted by Crippen LogP contribution is 2.39. The number of nitrogens with zero attached hydrogens (tertiary/aromatic N) is 4. The van der Waals surface area contributed by atoms with E-state index in [1.165, 1.54) is 24.5 Å². The number of aliphatic imine (C=N–C) groups is 1. The Kier molecular flexibility index (Phi) is 8.15. The zero-order valence-electron chi connectivity index (χ0n) is 21.6. The van der Waals surface area contributed by atoms with Gasteiger partial charge in [0, 0.05) is 7.05 Å². The molecule has 1 aliphatic carbocycles. The van der Waals surface area contributed by atoms with Gasteiger partial charge in [0.05, 0.1) is 62.4 Å². The van der Waals surface area contributed by atoms with E-state index >= 15 is 4.39 Å². The molecule has 0 spiro atoms. The van der Waals surface area contributed by atoms with Crippen molar-refractivity contribution >= 4 is 51.9 Å². The lowest BCUT2D eigenvalue weighted by atomic mass is 10.00. The minimum atomic E-state index is -1.04. The Morgan fingerprint density at radius 1 is 1.30 bits per heavy atom. The Bertz CT molecular complexity index is 1580. The molecule has 4 N–H and O–H groups in total. The number of fused-ring (bicyclic) bond motifs is 1. The smallest absolute Gasteiger partial charge is 0.261 e. The number of phenolic OH excluding ortho intramolecular Hbond substituents is 1. The molecule has 0 bridgehead atoms. The molecule has 3 atom stereocenters. The molecule has 40 heavy (non-hydrogen) atoms. The van der Waals surface area contributed by atoms with Crippen LogP contribution in [0.1, 0.15) is 47.1 Å². The number of benzene rings is 1. The molecule has 0 radical (unpaired) electrons.